The number of benzene rings is 1. The second kappa shape index (κ2) is 8.24. The summed E-state index contributed by atoms with van der Waals surface area (Å²) in [6.07, 6.45) is 3.96. The first-order valence-electron chi connectivity index (χ1n) is 9.35. The molecule has 0 atom stereocenters. The molecule has 3 heterocycles. The molecule has 0 spiro atoms. The third kappa shape index (κ3) is 3.69. The molecule has 30 heavy (non-hydrogen) atoms. The van der Waals surface area contributed by atoms with Crippen molar-refractivity contribution < 1.29 is 19.0 Å². The highest BCUT2D eigenvalue weighted by Crippen LogP contribution is 2.34. The smallest absolute Gasteiger partial charge is 0.356 e. The van der Waals surface area contributed by atoms with Crippen LogP contribution >= 0.6 is 0 Å². The Bertz CT molecular complexity index is 1220. The van der Waals surface area contributed by atoms with Gasteiger partial charge in [0, 0.05) is 40.8 Å². The molecule has 0 radical (unpaired) electrons. The zero-order valence-corrected chi connectivity index (χ0v) is 16.9. The number of fused-ring (bicyclic) bond motifs is 1. The van der Waals surface area contributed by atoms with Crippen LogP contribution in [0.5, 0.6) is 11.5 Å². The number of methoxy groups -OCH3 is 3. The summed E-state index contributed by atoms with van der Waals surface area (Å²) in [6.45, 7) is 0. The van der Waals surface area contributed by atoms with Gasteiger partial charge in [0.1, 0.15) is 17.2 Å². The second-order valence-electron chi connectivity index (χ2n) is 6.69. The molecule has 7 heteroatoms. The molecule has 0 unspecified atom stereocenters. The maximum Gasteiger partial charge on any atom is 0.356 e. The van der Waals surface area contributed by atoms with Crippen LogP contribution in [0.15, 0.2) is 54.9 Å². The third-order valence-electron chi connectivity index (χ3n) is 4.91. The molecule has 0 saturated carbocycles. The minimum absolute atomic E-state index is 0.279. The van der Waals surface area contributed by atoms with Crippen molar-refractivity contribution in [3.05, 3.63) is 71.8 Å². The van der Waals surface area contributed by atoms with Crippen molar-refractivity contribution in [1.29, 1.82) is 0 Å². The lowest BCUT2D eigenvalue weighted by Crippen LogP contribution is -2.06. The van der Waals surface area contributed by atoms with E-state index in [4.69, 9.17) is 14.2 Å². The highest BCUT2D eigenvalue weighted by Gasteiger charge is 2.17. The molecule has 1 aromatic carbocycles. The van der Waals surface area contributed by atoms with Crippen LogP contribution < -0.4 is 9.47 Å². The van der Waals surface area contributed by atoms with E-state index < -0.39 is 5.97 Å². The molecule has 0 aliphatic carbocycles. The molecule has 7 nitrogen and oxygen atoms in total. The van der Waals surface area contributed by atoms with E-state index in [9.17, 15) is 4.79 Å². The average Bonchev–Trinajstić information content (AvgIpc) is 3.16. The summed E-state index contributed by atoms with van der Waals surface area (Å²) in [6, 6.07) is 13.2. The molecule has 152 valence electrons. The Labute approximate surface area is 173 Å². The van der Waals surface area contributed by atoms with Gasteiger partial charge < -0.3 is 19.2 Å². The number of carbonyl (C=O) groups excluding carboxylic acids is 1. The van der Waals surface area contributed by atoms with Crippen LogP contribution in [0.2, 0.25) is 0 Å². The summed E-state index contributed by atoms with van der Waals surface area (Å²) in [4.78, 5) is 24.1. The van der Waals surface area contributed by atoms with Gasteiger partial charge in [0.05, 0.1) is 33.2 Å². The van der Waals surface area contributed by atoms with Crippen LogP contribution in [-0.4, -0.2) is 42.3 Å². The maximum atomic E-state index is 11.9. The number of aromatic amines is 1. The third-order valence-corrected chi connectivity index (χ3v) is 4.91. The standard InChI is InChI=1S/C23H21N3O4/c1-28-16-7-8-18-19(10-15-5-4-6-20(25-15)23(27)30-3)22(26-21(18)11-16)14-9-17(29-2)13-24-12-14/h4-9,11-13,26H,10H2,1-3H3. The highest BCUT2D eigenvalue weighted by molar-refractivity contribution is 5.92. The van der Waals surface area contributed by atoms with Gasteiger partial charge in [-0.3, -0.25) is 4.98 Å². The summed E-state index contributed by atoms with van der Waals surface area (Å²) >= 11 is 0. The lowest BCUT2D eigenvalue weighted by molar-refractivity contribution is 0.0593. The predicted octanol–water partition coefficient (Wildman–Crippen LogP) is 4.02. The van der Waals surface area contributed by atoms with Crippen molar-refractivity contribution >= 4 is 16.9 Å². The first-order chi connectivity index (χ1) is 14.6. The van der Waals surface area contributed by atoms with Crippen LogP contribution in [0.25, 0.3) is 22.2 Å². The van der Waals surface area contributed by atoms with Crippen LogP contribution in [0.1, 0.15) is 21.7 Å². The van der Waals surface area contributed by atoms with Gasteiger partial charge in [0.2, 0.25) is 0 Å². The zero-order chi connectivity index (χ0) is 21.1. The quantitative estimate of drug-likeness (QED) is 0.490. The number of rotatable bonds is 6. The number of H-pyrrole nitrogens is 1. The van der Waals surface area contributed by atoms with Gasteiger partial charge in [-0.15, -0.1) is 0 Å². The van der Waals surface area contributed by atoms with E-state index in [0.717, 1.165) is 39.2 Å². The van der Waals surface area contributed by atoms with E-state index in [-0.39, 0.29) is 5.69 Å². The molecule has 4 aromatic rings. The Morgan fingerprint density at radius 1 is 1.00 bits per heavy atom. The Kier molecular flexibility index (Phi) is 5.34. The largest absolute Gasteiger partial charge is 0.497 e. The number of hydrogen-bond donors (Lipinski definition) is 1. The van der Waals surface area contributed by atoms with E-state index in [1.165, 1.54) is 7.11 Å². The molecule has 0 bridgehead atoms. The lowest BCUT2D eigenvalue weighted by atomic mass is 10.0. The Hall–Kier alpha value is -3.87. The van der Waals surface area contributed by atoms with Crippen molar-refractivity contribution in [2.75, 3.05) is 21.3 Å². The number of ether oxygens (including phenoxy) is 3. The minimum atomic E-state index is -0.460. The summed E-state index contributed by atoms with van der Waals surface area (Å²) in [5.74, 6) is 0.967. The molecule has 3 aromatic heterocycles. The Balaban J connectivity index is 1.85. The number of pyridine rings is 2. The van der Waals surface area contributed by atoms with E-state index in [1.807, 2.05) is 30.3 Å². The first kappa shape index (κ1) is 19.4. The van der Waals surface area contributed by atoms with Crippen LogP contribution in [-0.2, 0) is 11.2 Å². The maximum absolute atomic E-state index is 11.9. The van der Waals surface area contributed by atoms with Crippen molar-refractivity contribution in [1.82, 2.24) is 15.0 Å². The van der Waals surface area contributed by atoms with Gasteiger partial charge in [-0.2, -0.15) is 0 Å². The minimum Gasteiger partial charge on any atom is -0.497 e. The molecule has 0 aliphatic heterocycles. The van der Waals surface area contributed by atoms with Gasteiger partial charge in [0.25, 0.3) is 0 Å². The number of aromatic nitrogens is 3. The van der Waals surface area contributed by atoms with E-state index in [1.54, 1.807) is 38.7 Å². The molecular weight excluding hydrogens is 382 g/mol. The fraction of sp³-hybridized carbons (Fsp3) is 0.174. The van der Waals surface area contributed by atoms with Crippen molar-refractivity contribution in [2.24, 2.45) is 0 Å². The van der Waals surface area contributed by atoms with Gasteiger partial charge in [-0.1, -0.05) is 6.07 Å². The normalized spacial score (nSPS) is 10.8. The summed E-state index contributed by atoms with van der Waals surface area (Å²) in [5.41, 5.74) is 4.81. The van der Waals surface area contributed by atoms with E-state index in [0.29, 0.717) is 12.2 Å². The Morgan fingerprint density at radius 2 is 1.83 bits per heavy atom. The molecule has 0 aliphatic rings. The number of nitrogens with one attached hydrogen (secondary N) is 1. The van der Waals surface area contributed by atoms with Gasteiger partial charge in [-0.05, 0) is 35.9 Å². The first-order valence-corrected chi connectivity index (χ1v) is 9.35. The van der Waals surface area contributed by atoms with Crippen LogP contribution in [0, 0.1) is 0 Å². The highest BCUT2D eigenvalue weighted by atomic mass is 16.5. The molecule has 0 amide bonds. The van der Waals surface area contributed by atoms with Crippen LogP contribution in [0.3, 0.4) is 0 Å². The van der Waals surface area contributed by atoms with Gasteiger partial charge in [0.15, 0.2) is 0 Å². The van der Waals surface area contributed by atoms with Crippen LogP contribution in [0.4, 0.5) is 0 Å². The van der Waals surface area contributed by atoms with Crippen molar-refractivity contribution in [3.8, 4) is 22.8 Å². The Morgan fingerprint density at radius 3 is 2.60 bits per heavy atom. The second-order valence-corrected chi connectivity index (χ2v) is 6.69. The topological polar surface area (TPSA) is 86.3 Å². The van der Waals surface area contributed by atoms with E-state index >= 15 is 0 Å². The van der Waals surface area contributed by atoms with E-state index in [2.05, 4.69) is 15.0 Å². The fourth-order valence-corrected chi connectivity index (χ4v) is 3.44. The molecule has 1 N–H and O–H groups in total. The molecule has 0 saturated heterocycles. The number of esters is 1. The number of hydrogen-bond acceptors (Lipinski definition) is 6. The SMILES string of the molecule is COC(=O)c1cccc(Cc2c(-c3cncc(OC)c3)[nH]c3cc(OC)ccc23)n1. The molecule has 4 rings (SSSR count). The summed E-state index contributed by atoms with van der Waals surface area (Å²) in [5, 5.41) is 1.04. The zero-order valence-electron chi connectivity index (χ0n) is 16.9. The summed E-state index contributed by atoms with van der Waals surface area (Å²) < 4.78 is 15.5. The fourth-order valence-electron chi connectivity index (χ4n) is 3.44. The number of carbonyl (C=O) groups is 1. The monoisotopic (exact) mass is 403 g/mol. The van der Waals surface area contributed by atoms with Crippen molar-refractivity contribution in [2.45, 2.75) is 6.42 Å². The lowest BCUT2D eigenvalue weighted by Gasteiger charge is -2.08. The average molecular weight is 403 g/mol. The van der Waals surface area contributed by atoms with Gasteiger partial charge in [-0.25, -0.2) is 9.78 Å². The predicted molar refractivity (Wildman–Crippen MR) is 113 cm³/mol. The number of nitrogens with zero attached hydrogens (tertiary/aromatic N) is 2. The summed E-state index contributed by atoms with van der Waals surface area (Å²) in [7, 11) is 4.60. The molecule has 0 fully saturated rings. The van der Waals surface area contributed by atoms with Crippen molar-refractivity contribution in [3.63, 3.8) is 0 Å². The molecular formula is C23H21N3O4. The van der Waals surface area contributed by atoms with Gasteiger partial charge >= 0.3 is 5.97 Å².